The number of halogens is 3. The van der Waals surface area contributed by atoms with Crippen LogP contribution in [0.1, 0.15) is 53.0 Å². The number of aryl methyl sites for hydroxylation is 1. The zero-order chi connectivity index (χ0) is 23.0. The van der Waals surface area contributed by atoms with E-state index in [2.05, 4.69) is 15.5 Å². The molecule has 170 valence electrons. The van der Waals surface area contributed by atoms with Crippen molar-refractivity contribution in [2.45, 2.75) is 44.3 Å². The molecule has 0 bridgehead atoms. The Morgan fingerprint density at radius 1 is 1.29 bits per heavy atom. The lowest BCUT2D eigenvalue weighted by Crippen LogP contribution is -2.48. The molecule has 3 rings (SSSR count). The lowest BCUT2D eigenvalue weighted by Gasteiger charge is -2.28. The van der Waals surface area contributed by atoms with Crippen molar-refractivity contribution >= 4 is 15.7 Å². The van der Waals surface area contributed by atoms with E-state index in [1.807, 2.05) is 0 Å². The minimum atomic E-state index is -4.51. The Hall–Kier alpha value is -2.56. The van der Waals surface area contributed by atoms with E-state index >= 15 is 0 Å². The Bertz CT molecular complexity index is 1080. The van der Waals surface area contributed by atoms with Crippen LogP contribution in [0, 0.1) is 6.92 Å². The molecule has 1 aromatic carbocycles. The molecule has 11 heteroatoms. The first-order valence-electron chi connectivity index (χ1n) is 9.62. The number of H-pyrrole nitrogens is 1. The van der Waals surface area contributed by atoms with E-state index < -0.39 is 39.8 Å². The van der Waals surface area contributed by atoms with Gasteiger partial charge in [-0.2, -0.15) is 18.3 Å². The Kier molecular flexibility index (Phi) is 6.09. The van der Waals surface area contributed by atoms with Gasteiger partial charge < -0.3 is 10.1 Å². The van der Waals surface area contributed by atoms with Gasteiger partial charge in [-0.25, -0.2) is 8.42 Å². The Morgan fingerprint density at radius 2 is 1.97 bits per heavy atom. The van der Waals surface area contributed by atoms with Gasteiger partial charge in [-0.1, -0.05) is 6.07 Å². The third-order valence-electron chi connectivity index (χ3n) is 4.90. The molecule has 1 atom stereocenters. The average molecular weight is 459 g/mol. The average Bonchev–Trinajstić information content (AvgIpc) is 3.37. The van der Waals surface area contributed by atoms with Gasteiger partial charge in [-0.05, 0) is 56.4 Å². The lowest BCUT2D eigenvalue weighted by atomic mass is 9.98. The van der Waals surface area contributed by atoms with Gasteiger partial charge in [0.15, 0.2) is 6.61 Å². The second kappa shape index (κ2) is 8.18. The molecule has 2 aromatic rings. The number of hydrogen-bond donors (Lipinski definition) is 2. The van der Waals surface area contributed by atoms with Crippen molar-refractivity contribution in [1.29, 1.82) is 0 Å². The van der Waals surface area contributed by atoms with Crippen molar-refractivity contribution in [3.63, 3.8) is 0 Å². The summed E-state index contributed by atoms with van der Waals surface area (Å²) in [6.07, 6.45) is -1.77. The first-order chi connectivity index (χ1) is 14.3. The predicted molar refractivity (Wildman–Crippen MR) is 108 cm³/mol. The minimum Gasteiger partial charge on any atom is -0.484 e. The van der Waals surface area contributed by atoms with Crippen LogP contribution in [0.25, 0.3) is 0 Å². The van der Waals surface area contributed by atoms with Crippen LogP contribution in [0.2, 0.25) is 0 Å². The molecule has 7 nitrogen and oxygen atoms in total. The topological polar surface area (TPSA) is 101 Å². The number of amides is 1. The summed E-state index contributed by atoms with van der Waals surface area (Å²) in [6.45, 7) is 1.80. The van der Waals surface area contributed by atoms with Crippen LogP contribution in [0.5, 0.6) is 5.75 Å². The van der Waals surface area contributed by atoms with Gasteiger partial charge >= 0.3 is 6.18 Å². The van der Waals surface area contributed by atoms with Gasteiger partial charge in [0.25, 0.3) is 5.91 Å². The Morgan fingerprint density at radius 3 is 2.48 bits per heavy atom. The normalized spacial score (nSPS) is 16.6. The maximum atomic E-state index is 13.0. The number of nitrogens with zero attached hydrogens (tertiary/aromatic N) is 1. The highest BCUT2D eigenvalue weighted by atomic mass is 32.2. The summed E-state index contributed by atoms with van der Waals surface area (Å²) in [6, 6.07) is 5.98. The van der Waals surface area contributed by atoms with Gasteiger partial charge in [-0.15, -0.1) is 0 Å². The summed E-state index contributed by atoms with van der Waals surface area (Å²) in [5, 5.41) is 9.48. The number of sulfone groups is 1. The number of aromatic nitrogens is 2. The number of rotatable bonds is 8. The van der Waals surface area contributed by atoms with Crippen LogP contribution in [0.15, 0.2) is 24.3 Å². The van der Waals surface area contributed by atoms with Crippen LogP contribution >= 0.6 is 0 Å². The molecule has 1 heterocycles. The van der Waals surface area contributed by atoms with Crippen molar-refractivity contribution in [3.05, 3.63) is 46.8 Å². The largest absolute Gasteiger partial charge is 0.484 e. The minimum absolute atomic E-state index is 0.00732. The number of alkyl halides is 3. The smallest absolute Gasteiger partial charge is 0.422 e. The van der Waals surface area contributed by atoms with Crippen molar-refractivity contribution in [1.82, 2.24) is 15.5 Å². The van der Waals surface area contributed by atoms with Crippen molar-refractivity contribution < 1.29 is 31.1 Å². The fourth-order valence-corrected chi connectivity index (χ4v) is 4.68. The molecule has 1 aromatic heterocycles. The number of ether oxygens (including phenoxy) is 1. The third-order valence-corrected chi connectivity index (χ3v) is 6.00. The Labute approximate surface area is 178 Å². The zero-order valence-electron chi connectivity index (χ0n) is 17.3. The number of carbonyl (C=O) groups is 1. The molecular weight excluding hydrogens is 435 g/mol. The summed E-state index contributed by atoms with van der Waals surface area (Å²) in [7, 11) is -3.51. The van der Waals surface area contributed by atoms with Crippen molar-refractivity contribution in [2.24, 2.45) is 0 Å². The molecule has 1 fully saturated rings. The van der Waals surface area contributed by atoms with E-state index in [1.165, 1.54) is 19.1 Å². The quantitative estimate of drug-likeness (QED) is 0.631. The molecule has 1 aliphatic carbocycles. The fourth-order valence-electron chi connectivity index (χ4n) is 3.41. The number of nitrogens with one attached hydrogen (secondary N) is 2. The molecule has 0 spiro atoms. The van der Waals surface area contributed by atoms with E-state index in [1.54, 1.807) is 19.1 Å². The molecular formula is C20H24F3N3O4S. The first kappa shape index (κ1) is 23.1. The van der Waals surface area contributed by atoms with Crippen LogP contribution in [-0.4, -0.2) is 49.3 Å². The second-order valence-corrected chi connectivity index (χ2v) is 10.4. The molecule has 0 aliphatic heterocycles. The second-order valence-electron chi connectivity index (χ2n) is 8.22. The molecule has 1 saturated carbocycles. The fraction of sp³-hybridized carbons (Fsp3) is 0.500. The van der Waals surface area contributed by atoms with E-state index in [9.17, 15) is 26.4 Å². The Balaban J connectivity index is 1.89. The summed E-state index contributed by atoms with van der Waals surface area (Å²) >= 11 is 0. The molecule has 31 heavy (non-hydrogen) atoms. The number of aromatic amines is 1. The molecule has 2 N–H and O–H groups in total. The molecule has 0 radical (unpaired) electrons. The number of carbonyl (C=O) groups excluding carboxylic acids is 1. The number of benzene rings is 1. The van der Waals surface area contributed by atoms with Crippen LogP contribution < -0.4 is 10.1 Å². The van der Waals surface area contributed by atoms with E-state index in [-0.39, 0.29) is 17.2 Å². The van der Waals surface area contributed by atoms with Crippen molar-refractivity contribution in [3.8, 4) is 5.75 Å². The first-order valence-corrected chi connectivity index (χ1v) is 11.7. The van der Waals surface area contributed by atoms with Gasteiger partial charge in [-0.3, -0.25) is 9.89 Å². The van der Waals surface area contributed by atoms with E-state index in [0.29, 0.717) is 17.0 Å². The van der Waals surface area contributed by atoms with E-state index in [0.717, 1.165) is 19.1 Å². The maximum Gasteiger partial charge on any atom is 0.422 e. The summed E-state index contributed by atoms with van der Waals surface area (Å²) in [5.41, 5.74) is 0.348. The van der Waals surface area contributed by atoms with Gasteiger partial charge in [0.1, 0.15) is 15.6 Å². The molecule has 1 amide bonds. The number of hydrogen-bond acceptors (Lipinski definition) is 5. The zero-order valence-corrected chi connectivity index (χ0v) is 18.2. The van der Waals surface area contributed by atoms with Crippen LogP contribution in [0.4, 0.5) is 13.2 Å². The molecule has 0 saturated heterocycles. The highest BCUT2D eigenvalue weighted by Crippen LogP contribution is 2.44. The maximum absolute atomic E-state index is 13.0. The monoisotopic (exact) mass is 459 g/mol. The highest BCUT2D eigenvalue weighted by molar-refractivity contribution is 7.90. The standard InChI is InChI=1S/C20H24F3N3O4S/c1-12-8-17(26-25-12)19(2,11-31(3,28)29)24-18(27)14-6-7-15(13-4-5-13)16(9-14)30-10-20(21,22)23/h6-9,13H,4-5,10-11H2,1-3H3,(H,24,27)(H,25,26)/t19-/m0/s1. The van der Waals surface area contributed by atoms with E-state index in [4.69, 9.17) is 4.74 Å². The molecule has 0 unspecified atom stereocenters. The van der Waals surface area contributed by atoms with Gasteiger partial charge in [0.05, 0.1) is 17.0 Å². The van der Waals surface area contributed by atoms with Crippen molar-refractivity contribution in [2.75, 3.05) is 18.6 Å². The van der Waals surface area contributed by atoms with Gasteiger partial charge in [0, 0.05) is 17.5 Å². The third kappa shape index (κ3) is 6.22. The highest BCUT2D eigenvalue weighted by Gasteiger charge is 2.36. The molecule has 1 aliphatic rings. The summed E-state index contributed by atoms with van der Waals surface area (Å²) < 4.78 is 66.9. The van der Waals surface area contributed by atoms with Crippen LogP contribution in [0.3, 0.4) is 0 Å². The summed E-state index contributed by atoms with van der Waals surface area (Å²) in [5.74, 6) is -0.935. The SMILES string of the molecule is Cc1cc([C@](C)(CS(C)(=O)=O)NC(=O)c2ccc(C3CC3)c(OCC(F)(F)F)c2)n[nH]1. The summed E-state index contributed by atoms with van der Waals surface area (Å²) in [4.78, 5) is 13.0. The predicted octanol–water partition coefficient (Wildman–Crippen LogP) is 3.23. The van der Waals surface area contributed by atoms with Crippen LogP contribution in [-0.2, 0) is 15.4 Å². The van der Waals surface area contributed by atoms with Gasteiger partial charge in [0.2, 0.25) is 0 Å². The lowest BCUT2D eigenvalue weighted by molar-refractivity contribution is -0.153.